The SMILES string of the molecule is C=C.CCc1ccc(Cc2cnccc2CCC2(C)SC(CC)CC2C#N)cc1. The zero-order valence-electron chi connectivity index (χ0n) is 18.2. The van der Waals surface area contributed by atoms with E-state index in [2.05, 4.69) is 75.3 Å². The van der Waals surface area contributed by atoms with Crippen LogP contribution in [0.3, 0.4) is 0 Å². The molecule has 2 aromatic rings. The Labute approximate surface area is 181 Å². The average Bonchev–Trinajstić information content (AvgIpc) is 3.11. The van der Waals surface area contributed by atoms with E-state index in [-0.39, 0.29) is 10.7 Å². The van der Waals surface area contributed by atoms with Gasteiger partial charge in [0.2, 0.25) is 0 Å². The molecule has 1 fully saturated rings. The summed E-state index contributed by atoms with van der Waals surface area (Å²) in [6, 6.07) is 13.7. The molecule has 29 heavy (non-hydrogen) atoms. The monoisotopic (exact) mass is 406 g/mol. The Morgan fingerprint density at radius 2 is 1.83 bits per heavy atom. The fourth-order valence-electron chi connectivity index (χ4n) is 4.05. The van der Waals surface area contributed by atoms with Crippen LogP contribution in [0.25, 0.3) is 0 Å². The van der Waals surface area contributed by atoms with Crippen molar-refractivity contribution in [2.24, 2.45) is 5.92 Å². The molecule has 3 rings (SSSR count). The minimum Gasteiger partial charge on any atom is -0.264 e. The number of nitriles is 1. The Bertz CT molecular complexity index is 808. The molecule has 0 spiro atoms. The van der Waals surface area contributed by atoms with Crippen molar-refractivity contribution in [2.75, 3.05) is 0 Å². The van der Waals surface area contributed by atoms with Crippen LogP contribution in [0.2, 0.25) is 0 Å². The molecule has 154 valence electrons. The molecule has 0 radical (unpaired) electrons. The van der Waals surface area contributed by atoms with Gasteiger partial charge in [-0.25, -0.2) is 0 Å². The Kier molecular flexibility index (Phi) is 8.99. The van der Waals surface area contributed by atoms with Crippen LogP contribution < -0.4 is 0 Å². The van der Waals surface area contributed by atoms with Crippen molar-refractivity contribution in [1.29, 1.82) is 5.26 Å². The molecule has 0 bridgehead atoms. The van der Waals surface area contributed by atoms with Crippen molar-refractivity contribution >= 4 is 11.8 Å². The quantitative estimate of drug-likeness (QED) is 0.475. The first-order valence-corrected chi connectivity index (χ1v) is 11.5. The van der Waals surface area contributed by atoms with Crippen molar-refractivity contribution in [1.82, 2.24) is 4.98 Å². The van der Waals surface area contributed by atoms with Gasteiger partial charge in [0.15, 0.2) is 0 Å². The lowest BCUT2D eigenvalue weighted by Crippen LogP contribution is -2.26. The molecule has 2 heterocycles. The molecule has 3 atom stereocenters. The highest BCUT2D eigenvalue weighted by molar-refractivity contribution is 8.01. The number of hydrogen-bond donors (Lipinski definition) is 0. The molecule has 2 nitrogen and oxygen atoms in total. The Balaban J connectivity index is 0.00000145. The first-order chi connectivity index (χ1) is 14.1. The largest absolute Gasteiger partial charge is 0.264 e. The molecule has 1 aromatic heterocycles. The summed E-state index contributed by atoms with van der Waals surface area (Å²) in [7, 11) is 0. The first-order valence-electron chi connectivity index (χ1n) is 10.6. The molecule has 0 amide bonds. The molecule has 1 aliphatic rings. The van der Waals surface area contributed by atoms with E-state index in [4.69, 9.17) is 0 Å². The molecule has 0 N–H and O–H groups in total. The number of thioether (sulfide) groups is 1. The lowest BCUT2D eigenvalue weighted by Gasteiger charge is -2.27. The standard InChI is InChI=1S/C24H30N2S.C2H4/c1-4-18-6-8-19(9-7-18)14-21-17-26-13-11-20(21)10-12-24(3)22(16-25)15-23(5-2)27-24;1-2/h6-9,11,13,17,22-23H,4-5,10,12,14-15H2,1-3H3;1-2H2. The number of aryl methyl sites for hydroxylation is 2. The first kappa shape index (κ1) is 23.2. The van der Waals surface area contributed by atoms with Crippen LogP contribution in [-0.2, 0) is 19.3 Å². The second kappa shape index (κ2) is 11.2. The smallest absolute Gasteiger partial charge is 0.0670 e. The van der Waals surface area contributed by atoms with Gasteiger partial charge in [-0.1, -0.05) is 38.1 Å². The van der Waals surface area contributed by atoms with Crippen LogP contribution >= 0.6 is 11.8 Å². The van der Waals surface area contributed by atoms with E-state index in [1.54, 1.807) is 0 Å². The number of hydrogen-bond acceptors (Lipinski definition) is 3. The van der Waals surface area contributed by atoms with E-state index in [1.165, 1.54) is 22.3 Å². The lowest BCUT2D eigenvalue weighted by molar-refractivity contribution is 0.457. The van der Waals surface area contributed by atoms with Crippen molar-refractivity contribution in [3.63, 3.8) is 0 Å². The normalized spacial score (nSPS) is 23.1. The van der Waals surface area contributed by atoms with Gasteiger partial charge in [-0.3, -0.25) is 4.98 Å². The maximum atomic E-state index is 9.63. The summed E-state index contributed by atoms with van der Waals surface area (Å²) in [5.41, 5.74) is 5.41. The molecule has 3 heteroatoms. The summed E-state index contributed by atoms with van der Waals surface area (Å²) in [4.78, 5) is 4.37. The Morgan fingerprint density at radius 3 is 2.45 bits per heavy atom. The highest BCUT2D eigenvalue weighted by atomic mass is 32.2. The number of rotatable bonds is 7. The predicted octanol–water partition coefficient (Wildman–Crippen LogP) is 6.78. The highest BCUT2D eigenvalue weighted by Gasteiger charge is 2.43. The van der Waals surface area contributed by atoms with Crippen LogP contribution in [-0.4, -0.2) is 15.0 Å². The van der Waals surface area contributed by atoms with Gasteiger partial charge in [-0.15, -0.1) is 13.2 Å². The van der Waals surface area contributed by atoms with Gasteiger partial charge in [-0.2, -0.15) is 17.0 Å². The van der Waals surface area contributed by atoms with Crippen molar-refractivity contribution < 1.29 is 0 Å². The van der Waals surface area contributed by atoms with E-state index in [9.17, 15) is 5.26 Å². The van der Waals surface area contributed by atoms with E-state index < -0.39 is 0 Å². The van der Waals surface area contributed by atoms with Gasteiger partial charge in [0.1, 0.15) is 0 Å². The highest BCUT2D eigenvalue weighted by Crippen LogP contribution is 2.50. The number of benzene rings is 1. The predicted molar refractivity (Wildman–Crippen MR) is 126 cm³/mol. The molecule has 1 aromatic carbocycles. The van der Waals surface area contributed by atoms with Gasteiger partial charge in [0.25, 0.3) is 0 Å². The fraction of sp³-hybridized carbons (Fsp3) is 0.462. The minimum absolute atomic E-state index is 0.0682. The van der Waals surface area contributed by atoms with Crippen molar-refractivity contribution in [2.45, 2.75) is 69.3 Å². The van der Waals surface area contributed by atoms with Gasteiger partial charge < -0.3 is 0 Å². The van der Waals surface area contributed by atoms with E-state index in [0.29, 0.717) is 5.25 Å². The van der Waals surface area contributed by atoms with E-state index >= 15 is 0 Å². The molecular formula is C26H34N2S. The van der Waals surface area contributed by atoms with E-state index in [0.717, 1.165) is 38.5 Å². The number of nitrogens with zero attached hydrogens (tertiary/aromatic N) is 2. The zero-order chi connectivity index (χ0) is 21.3. The summed E-state index contributed by atoms with van der Waals surface area (Å²) >= 11 is 2.04. The molecular weight excluding hydrogens is 372 g/mol. The van der Waals surface area contributed by atoms with Crippen molar-refractivity contribution in [3.8, 4) is 6.07 Å². The molecule has 1 saturated heterocycles. The summed E-state index contributed by atoms with van der Waals surface area (Å²) in [6.07, 6.45) is 10.2. The van der Waals surface area contributed by atoms with E-state index in [1.807, 2.05) is 24.2 Å². The average molecular weight is 407 g/mol. The van der Waals surface area contributed by atoms with Crippen LogP contribution in [0.1, 0.15) is 62.3 Å². The number of pyridine rings is 1. The molecule has 0 saturated carbocycles. The van der Waals surface area contributed by atoms with Crippen LogP contribution in [0, 0.1) is 17.2 Å². The summed E-state index contributed by atoms with van der Waals surface area (Å²) in [5.74, 6) is 0.166. The summed E-state index contributed by atoms with van der Waals surface area (Å²) in [6.45, 7) is 12.7. The van der Waals surface area contributed by atoms with Crippen molar-refractivity contribution in [3.05, 3.63) is 78.1 Å². The van der Waals surface area contributed by atoms with Gasteiger partial charge in [-0.05, 0) is 73.8 Å². The van der Waals surface area contributed by atoms with Gasteiger partial charge in [0, 0.05) is 22.4 Å². The minimum atomic E-state index is 0.0682. The van der Waals surface area contributed by atoms with Crippen LogP contribution in [0.15, 0.2) is 55.9 Å². The third-order valence-corrected chi connectivity index (χ3v) is 7.89. The second-order valence-electron chi connectivity index (χ2n) is 7.87. The zero-order valence-corrected chi connectivity index (χ0v) is 19.0. The number of aromatic nitrogens is 1. The maximum absolute atomic E-state index is 9.63. The molecule has 1 aliphatic heterocycles. The Morgan fingerprint density at radius 1 is 1.14 bits per heavy atom. The Hall–Kier alpha value is -2.05. The third-order valence-electron chi connectivity index (χ3n) is 6.00. The van der Waals surface area contributed by atoms with Gasteiger partial charge in [0.05, 0.1) is 12.0 Å². The van der Waals surface area contributed by atoms with Gasteiger partial charge >= 0.3 is 0 Å². The third kappa shape index (κ3) is 5.97. The fourth-order valence-corrected chi connectivity index (χ4v) is 5.80. The maximum Gasteiger partial charge on any atom is 0.0670 e. The summed E-state index contributed by atoms with van der Waals surface area (Å²) < 4.78 is 0.0682. The van der Waals surface area contributed by atoms with Crippen LogP contribution in [0.4, 0.5) is 0 Å². The second-order valence-corrected chi connectivity index (χ2v) is 9.70. The topological polar surface area (TPSA) is 36.7 Å². The lowest BCUT2D eigenvalue weighted by atomic mass is 9.85. The van der Waals surface area contributed by atoms with Crippen LogP contribution in [0.5, 0.6) is 0 Å². The molecule has 0 aliphatic carbocycles. The molecule has 3 unspecified atom stereocenters. The summed E-state index contributed by atoms with van der Waals surface area (Å²) in [5, 5.41) is 10.3.